The molecule has 0 saturated heterocycles. The SMILES string of the molecule is CN/C=C(\S)C(=O)O. The molecule has 0 aliphatic carbocycles. The van der Waals surface area contributed by atoms with Gasteiger partial charge in [-0.2, -0.15) is 0 Å². The monoisotopic (exact) mass is 133 g/mol. The number of rotatable bonds is 2. The van der Waals surface area contributed by atoms with Crippen molar-refractivity contribution in [3.05, 3.63) is 11.1 Å². The van der Waals surface area contributed by atoms with Crippen LogP contribution in [-0.2, 0) is 4.79 Å². The van der Waals surface area contributed by atoms with Gasteiger partial charge in [0.1, 0.15) is 4.91 Å². The highest BCUT2D eigenvalue weighted by molar-refractivity contribution is 7.85. The Balaban J connectivity index is 3.80. The minimum absolute atomic E-state index is 0.00694. The first-order valence-electron chi connectivity index (χ1n) is 1.98. The first kappa shape index (κ1) is 7.36. The van der Waals surface area contributed by atoms with Gasteiger partial charge in [-0.1, -0.05) is 0 Å². The van der Waals surface area contributed by atoms with Gasteiger partial charge < -0.3 is 10.4 Å². The van der Waals surface area contributed by atoms with Crippen LogP contribution in [-0.4, -0.2) is 18.1 Å². The van der Waals surface area contributed by atoms with Crippen molar-refractivity contribution in [2.24, 2.45) is 0 Å². The van der Waals surface area contributed by atoms with Gasteiger partial charge in [-0.25, -0.2) is 4.79 Å². The molecule has 0 aromatic heterocycles. The van der Waals surface area contributed by atoms with Crippen LogP contribution in [0, 0.1) is 0 Å². The maximum absolute atomic E-state index is 9.90. The van der Waals surface area contributed by atoms with Crippen molar-refractivity contribution in [1.29, 1.82) is 0 Å². The lowest BCUT2D eigenvalue weighted by molar-refractivity contribution is -0.131. The Kier molecular flexibility index (Phi) is 3.10. The first-order valence-corrected chi connectivity index (χ1v) is 2.43. The van der Waals surface area contributed by atoms with Crippen LogP contribution in [0.5, 0.6) is 0 Å². The average molecular weight is 133 g/mol. The average Bonchev–Trinajstić information content (AvgIpc) is 1.67. The summed E-state index contributed by atoms with van der Waals surface area (Å²) in [5.74, 6) is -1.03. The highest BCUT2D eigenvalue weighted by atomic mass is 32.1. The Morgan fingerprint density at radius 2 is 2.38 bits per heavy atom. The number of hydrogen-bond donors (Lipinski definition) is 3. The maximum Gasteiger partial charge on any atom is 0.343 e. The van der Waals surface area contributed by atoms with E-state index in [0.717, 1.165) is 0 Å². The highest BCUT2D eigenvalue weighted by Gasteiger charge is 1.96. The third-order valence-electron chi connectivity index (χ3n) is 0.500. The summed E-state index contributed by atoms with van der Waals surface area (Å²) in [6, 6.07) is 0. The van der Waals surface area contributed by atoms with Crippen LogP contribution in [0.3, 0.4) is 0 Å². The summed E-state index contributed by atoms with van der Waals surface area (Å²) in [6.45, 7) is 0. The summed E-state index contributed by atoms with van der Waals surface area (Å²) in [5.41, 5.74) is 0. The van der Waals surface area contributed by atoms with Crippen molar-refractivity contribution in [2.75, 3.05) is 7.05 Å². The summed E-state index contributed by atoms with van der Waals surface area (Å²) >= 11 is 3.60. The van der Waals surface area contributed by atoms with Crippen LogP contribution in [0.15, 0.2) is 11.1 Å². The second-order valence-electron chi connectivity index (χ2n) is 1.12. The lowest BCUT2D eigenvalue weighted by atomic mass is 10.6. The number of nitrogens with one attached hydrogen (secondary N) is 1. The standard InChI is InChI=1S/C4H7NO2S/c1-5-2-3(8)4(6)7/h2,5,8H,1H3,(H,6,7)/b3-2-. The molecule has 8 heavy (non-hydrogen) atoms. The number of hydrogen-bond acceptors (Lipinski definition) is 3. The van der Waals surface area contributed by atoms with Crippen LogP contribution < -0.4 is 5.32 Å². The van der Waals surface area contributed by atoms with E-state index in [1.165, 1.54) is 6.20 Å². The molecule has 0 spiro atoms. The Labute approximate surface area is 52.8 Å². The molecule has 0 aromatic carbocycles. The Morgan fingerprint density at radius 1 is 1.88 bits per heavy atom. The van der Waals surface area contributed by atoms with E-state index in [9.17, 15) is 4.79 Å². The zero-order chi connectivity index (χ0) is 6.57. The minimum Gasteiger partial charge on any atom is -0.477 e. The molecular weight excluding hydrogens is 126 g/mol. The van der Waals surface area contributed by atoms with Crippen molar-refractivity contribution < 1.29 is 9.90 Å². The van der Waals surface area contributed by atoms with Crippen LogP contribution in [0.25, 0.3) is 0 Å². The van der Waals surface area contributed by atoms with E-state index in [-0.39, 0.29) is 4.91 Å². The van der Waals surface area contributed by atoms with Gasteiger partial charge >= 0.3 is 5.97 Å². The van der Waals surface area contributed by atoms with E-state index in [4.69, 9.17) is 5.11 Å². The smallest absolute Gasteiger partial charge is 0.343 e. The molecule has 0 aromatic rings. The number of carboxylic acids is 1. The summed E-state index contributed by atoms with van der Waals surface area (Å²) in [5, 5.41) is 10.7. The van der Waals surface area contributed by atoms with E-state index in [2.05, 4.69) is 17.9 Å². The lowest BCUT2D eigenvalue weighted by Gasteiger charge is -1.88. The van der Waals surface area contributed by atoms with Gasteiger partial charge in [-0.05, 0) is 0 Å². The molecule has 0 unspecified atom stereocenters. The first-order chi connectivity index (χ1) is 3.68. The van der Waals surface area contributed by atoms with Gasteiger partial charge in [-0.15, -0.1) is 12.6 Å². The molecular formula is C4H7NO2S. The van der Waals surface area contributed by atoms with Gasteiger partial charge in [0, 0.05) is 13.2 Å². The minimum atomic E-state index is -1.03. The molecule has 0 aliphatic heterocycles. The van der Waals surface area contributed by atoms with E-state index in [1.54, 1.807) is 7.05 Å². The van der Waals surface area contributed by atoms with Crippen molar-refractivity contribution in [3.63, 3.8) is 0 Å². The van der Waals surface area contributed by atoms with E-state index in [1.807, 2.05) is 0 Å². The predicted octanol–water partition coefficient (Wildman–Crippen LogP) is 0.0616. The Bertz CT molecular complexity index is 121. The Morgan fingerprint density at radius 3 is 2.50 bits per heavy atom. The summed E-state index contributed by atoms with van der Waals surface area (Å²) in [7, 11) is 1.61. The largest absolute Gasteiger partial charge is 0.477 e. The second kappa shape index (κ2) is 3.37. The molecule has 0 atom stereocenters. The highest BCUT2D eigenvalue weighted by Crippen LogP contribution is 1.95. The van der Waals surface area contributed by atoms with E-state index >= 15 is 0 Å². The molecule has 0 amide bonds. The molecule has 2 N–H and O–H groups in total. The predicted molar refractivity (Wildman–Crippen MR) is 33.8 cm³/mol. The quantitative estimate of drug-likeness (QED) is 0.369. The van der Waals surface area contributed by atoms with Gasteiger partial charge in [0.05, 0.1) is 0 Å². The van der Waals surface area contributed by atoms with Crippen molar-refractivity contribution in [1.82, 2.24) is 5.32 Å². The lowest BCUT2D eigenvalue weighted by Crippen LogP contribution is -2.00. The van der Waals surface area contributed by atoms with E-state index < -0.39 is 5.97 Å². The number of aliphatic carboxylic acids is 1. The Hall–Kier alpha value is -0.640. The number of carbonyl (C=O) groups is 1. The fraction of sp³-hybridized carbons (Fsp3) is 0.250. The van der Waals surface area contributed by atoms with Crippen molar-refractivity contribution in [2.45, 2.75) is 0 Å². The zero-order valence-corrected chi connectivity index (χ0v) is 5.27. The third-order valence-corrected chi connectivity index (χ3v) is 0.821. The molecule has 0 aliphatic rings. The van der Waals surface area contributed by atoms with Crippen molar-refractivity contribution >= 4 is 18.6 Å². The molecule has 0 bridgehead atoms. The third kappa shape index (κ3) is 2.52. The van der Waals surface area contributed by atoms with Crippen LogP contribution in [0.2, 0.25) is 0 Å². The van der Waals surface area contributed by atoms with Crippen LogP contribution in [0.1, 0.15) is 0 Å². The number of carboxylic acid groups (broad SMARTS) is 1. The van der Waals surface area contributed by atoms with Crippen LogP contribution in [0.4, 0.5) is 0 Å². The second-order valence-corrected chi connectivity index (χ2v) is 1.61. The fourth-order valence-corrected chi connectivity index (χ4v) is 0.328. The van der Waals surface area contributed by atoms with Gasteiger partial charge in [-0.3, -0.25) is 0 Å². The zero-order valence-electron chi connectivity index (χ0n) is 4.38. The molecule has 0 radical (unpaired) electrons. The topological polar surface area (TPSA) is 49.3 Å². The molecule has 0 heterocycles. The van der Waals surface area contributed by atoms with E-state index in [0.29, 0.717) is 0 Å². The van der Waals surface area contributed by atoms with Crippen LogP contribution >= 0.6 is 12.6 Å². The van der Waals surface area contributed by atoms with Gasteiger partial charge in [0.2, 0.25) is 0 Å². The summed E-state index contributed by atoms with van der Waals surface area (Å²) in [4.78, 5) is 9.91. The number of thiol groups is 1. The molecule has 3 nitrogen and oxygen atoms in total. The summed E-state index contributed by atoms with van der Waals surface area (Å²) in [6.07, 6.45) is 1.30. The molecule has 0 fully saturated rings. The van der Waals surface area contributed by atoms with Gasteiger partial charge in [0.25, 0.3) is 0 Å². The molecule has 0 rings (SSSR count). The van der Waals surface area contributed by atoms with Gasteiger partial charge in [0.15, 0.2) is 0 Å². The fourth-order valence-electron chi connectivity index (χ4n) is 0.198. The summed E-state index contributed by atoms with van der Waals surface area (Å²) < 4.78 is 0. The molecule has 46 valence electrons. The maximum atomic E-state index is 9.90. The normalized spacial score (nSPS) is 11.0. The molecule has 0 saturated carbocycles. The molecule has 4 heteroatoms. The van der Waals surface area contributed by atoms with Crippen molar-refractivity contribution in [3.8, 4) is 0 Å².